The Hall–Kier alpha value is -3.13. The highest BCUT2D eigenvalue weighted by atomic mass is 16.7. The number of nitro benzene ring substituents is 1. The molecule has 0 aromatic heterocycles. The minimum atomic E-state index is -0.431. The fraction of sp³-hybridized carbons (Fsp3) is 0.350. The van der Waals surface area contributed by atoms with Gasteiger partial charge in [0, 0.05) is 25.2 Å². The molecule has 2 heterocycles. The molecule has 0 unspecified atom stereocenters. The first-order chi connectivity index (χ1) is 13.5. The minimum absolute atomic E-state index is 0.00570. The average Bonchev–Trinajstić information content (AvgIpc) is 3.33. The number of rotatable bonds is 6. The van der Waals surface area contributed by atoms with Crippen LogP contribution in [0.25, 0.3) is 0 Å². The lowest BCUT2D eigenvalue weighted by Gasteiger charge is -2.24. The third-order valence-electron chi connectivity index (χ3n) is 5.13. The topological polar surface area (TPSA) is 85.2 Å². The van der Waals surface area contributed by atoms with Crippen molar-refractivity contribution in [1.82, 2.24) is 4.90 Å². The molecule has 2 aromatic carbocycles. The predicted molar refractivity (Wildman–Crippen MR) is 103 cm³/mol. The number of amides is 1. The maximum atomic E-state index is 12.9. The van der Waals surface area contributed by atoms with Crippen molar-refractivity contribution < 1.29 is 19.2 Å². The summed E-state index contributed by atoms with van der Waals surface area (Å²) >= 11 is 0. The van der Waals surface area contributed by atoms with Gasteiger partial charge in [0.2, 0.25) is 12.7 Å². The SMILES string of the molecule is CCN(CC(=O)N1CCc2ccc([N+](=O)[O-])cc21)Cc1ccc2c(c1)OCO2. The van der Waals surface area contributed by atoms with E-state index in [9.17, 15) is 14.9 Å². The van der Waals surface area contributed by atoms with E-state index in [1.165, 1.54) is 12.1 Å². The van der Waals surface area contributed by atoms with E-state index in [-0.39, 0.29) is 24.9 Å². The summed E-state index contributed by atoms with van der Waals surface area (Å²) in [4.78, 5) is 27.2. The van der Waals surface area contributed by atoms with Crippen molar-refractivity contribution in [1.29, 1.82) is 0 Å². The van der Waals surface area contributed by atoms with E-state index in [0.29, 0.717) is 31.7 Å². The zero-order valence-electron chi connectivity index (χ0n) is 15.6. The van der Waals surface area contributed by atoms with Crippen LogP contribution in [-0.4, -0.2) is 42.2 Å². The normalized spacial score (nSPS) is 14.4. The fourth-order valence-corrected chi connectivity index (χ4v) is 3.59. The van der Waals surface area contributed by atoms with E-state index in [1.54, 1.807) is 11.0 Å². The highest BCUT2D eigenvalue weighted by Crippen LogP contribution is 2.33. The molecule has 0 saturated heterocycles. The molecule has 0 N–H and O–H groups in total. The van der Waals surface area contributed by atoms with Crippen LogP contribution in [0.15, 0.2) is 36.4 Å². The third-order valence-corrected chi connectivity index (χ3v) is 5.13. The number of fused-ring (bicyclic) bond motifs is 2. The summed E-state index contributed by atoms with van der Waals surface area (Å²) in [7, 11) is 0. The predicted octanol–water partition coefficient (Wildman–Crippen LogP) is 2.73. The Bertz CT molecular complexity index is 930. The number of anilines is 1. The number of hydrogen-bond acceptors (Lipinski definition) is 6. The summed E-state index contributed by atoms with van der Waals surface area (Å²) in [5, 5.41) is 11.1. The molecule has 0 atom stereocenters. The van der Waals surface area contributed by atoms with Crippen molar-refractivity contribution in [2.75, 3.05) is 31.3 Å². The van der Waals surface area contributed by atoms with E-state index >= 15 is 0 Å². The number of carbonyl (C=O) groups is 1. The average molecular weight is 383 g/mol. The standard InChI is InChI=1S/C20H21N3O5/c1-2-21(11-14-3-6-18-19(9-14)28-13-27-18)12-20(24)22-8-7-15-4-5-16(23(25)26)10-17(15)22/h3-6,9-10H,2,7-8,11-13H2,1H3. The summed E-state index contributed by atoms with van der Waals surface area (Å²) in [6.45, 7) is 4.34. The molecule has 2 aliphatic heterocycles. The first-order valence-electron chi connectivity index (χ1n) is 9.23. The summed E-state index contributed by atoms with van der Waals surface area (Å²) in [5.74, 6) is 1.40. The van der Waals surface area contributed by atoms with Crippen LogP contribution < -0.4 is 14.4 Å². The quantitative estimate of drug-likeness (QED) is 0.563. The molecule has 1 amide bonds. The zero-order chi connectivity index (χ0) is 19.7. The first-order valence-corrected chi connectivity index (χ1v) is 9.23. The lowest BCUT2D eigenvalue weighted by atomic mass is 10.1. The maximum Gasteiger partial charge on any atom is 0.271 e. The molecule has 0 fully saturated rings. The highest BCUT2D eigenvalue weighted by molar-refractivity contribution is 5.97. The number of ether oxygens (including phenoxy) is 2. The second-order valence-corrected chi connectivity index (χ2v) is 6.86. The van der Waals surface area contributed by atoms with Crippen LogP contribution in [0.2, 0.25) is 0 Å². The summed E-state index contributed by atoms with van der Waals surface area (Å²) in [6, 6.07) is 10.5. The van der Waals surface area contributed by atoms with E-state index < -0.39 is 4.92 Å². The smallest absolute Gasteiger partial charge is 0.271 e. The Morgan fingerprint density at radius 1 is 1.21 bits per heavy atom. The number of nitrogens with zero attached hydrogens (tertiary/aromatic N) is 3. The van der Waals surface area contributed by atoms with Crippen molar-refractivity contribution in [2.45, 2.75) is 19.9 Å². The molecule has 2 aromatic rings. The van der Waals surface area contributed by atoms with Gasteiger partial charge in [-0.1, -0.05) is 19.1 Å². The molecular weight excluding hydrogens is 362 g/mol. The lowest BCUT2D eigenvalue weighted by Crippen LogP contribution is -2.39. The molecule has 2 aliphatic rings. The number of carbonyl (C=O) groups excluding carboxylic acids is 1. The molecule has 4 rings (SSSR count). The maximum absolute atomic E-state index is 12.9. The summed E-state index contributed by atoms with van der Waals surface area (Å²) in [6.07, 6.45) is 0.716. The van der Waals surface area contributed by atoms with Gasteiger partial charge in [0.15, 0.2) is 11.5 Å². The minimum Gasteiger partial charge on any atom is -0.454 e. The van der Waals surface area contributed by atoms with Gasteiger partial charge in [0.25, 0.3) is 5.69 Å². The van der Waals surface area contributed by atoms with E-state index in [4.69, 9.17) is 9.47 Å². The largest absolute Gasteiger partial charge is 0.454 e. The Labute approximate surface area is 162 Å². The van der Waals surface area contributed by atoms with Crippen molar-refractivity contribution in [3.63, 3.8) is 0 Å². The van der Waals surface area contributed by atoms with E-state index in [0.717, 1.165) is 22.6 Å². The summed E-state index contributed by atoms with van der Waals surface area (Å²) in [5.41, 5.74) is 2.67. The number of nitro groups is 1. The van der Waals surface area contributed by atoms with Gasteiger partial charge in [0.05, 0.1) is 17.2 Å². The molecule has 0 radical (unpaired) electrons. The van der Waals surface area contributed by atoms with Crippen LogP contribution in [0, 0.1) is 10.1 Å². The van der Waals surface area contributed by atoms with Crippen molar-refractivity contribution in [3.05, 3.63) is 57.6 Å². The van der Waals surface area contributed by atoms with Gasteiger partial charge in [-0.3, -0.25) is 19.8 Å². The summed E-state index contributed by atoms with van der Waals surface area (Å²) < 4.78 is 10.7. The van der Waals surface area contributed by atoms with Gasteiger partial charge in [-0.25, -0.2) is 0 Å². The van der Waals surface area contributed by atoms with Crippen molar-refractivity contribution in [2.24, 2.45) is 0 Å². The third kappa shape index (κ3) is 3.50. The van der Waals surface area contributed by atoms with Crippen molar-refractivity contribution in [3.8, 4) is 11.5 Å². The van der Waals surface area contributed by atoms with Gasteiger partial charge in [-0.15, -0.1) is 0 Å². The van der Waals surface area contributed by atoms with Gasteiger partial charge in [-0.2, -0.15) is 0 Å². The van der Waals surface area contributed by atoms with Crippen LogP contribution in [0.3, 0.4) is 0 Å². The monoisotopic (exact) mass is 383 g/mol. The molecule has 0 spiro atoms. The zero-order valence-corrected chi connectivity index (χ0v) is 15.6. The second-order valence-electron chi connectivity index (χ2n) is 6.86. The van der Waals surface area contributed by atoms with Crippen molar-refractivity contribution >= 4 is 17.3 Å². The van der Waals surface area contributed by atoms with Crippen LogP contribution >= 0.6 is 0 Å². The molecule has 28 heavy (non-hydrogen) atoms. The van der Waals surface area contributed by atoms with Gasteiger partial charge < -0.3 is 14.4 Å². The number of benzene rings is 2. The molecule has 8 nitrogen and oxygen atoms in total. The molecule has 146 valence electrons. The molecule has 8 heteroatoms. The van der Waals surface area contributed by atoms with E-state index in [1.807, 2.05) is 30.0 Å². The Morgan fingerprint density at radius 3 is 2.82 bits per heavy atom. The number of non-ortho nitro benzene ring substituents is 1. The second kappa shape index (κ2) is 7.47. The van der Waals surface area contributed by atoms with Crippen LogP contribution in [0.5, 0.6) is 11.5 Å². The molecule has 0 saturated carbocycles. The molecule has 0 aliphatic carbocycles. The van der Waals surface area contributed by atoms with Crippen LogP contribution in [-0.2, 0) is 17.8 Å². The Morgan fingerprint density at radius 2 is 2.04 bits per heavy atom. The van der Waals surface area contributed by atoms with Crippen LogP contribution in [0.4, 0.5) is 11.4 Å². The number of hydrogen-bond donors (Lipinski definition) is 0. The van der Waals surface area contributed by atoms with Crippen LogP contribution in [0.1, 0.15) is 18.1 Å². The molecular formula is C20H21N3O5. The molecule has 0 bridgehead atoms. The first kappa shape index (κ1) is 18.2. The fourth-order valence-electron chi connectivity index (χ4n) is 3.59. The van der Waals surface area contributed by atoms with Gasteiger partial charge in [-0.05, 0) is 36.2 Å². The number of likely N-dealkylation sites (N-methyl/N-ethyl adjacent to an activating group) is 1. The van der Waals surface area contributed by atoms with Gasteiger partial charge in [0.1, 0.15) is 0 Å². The van der Waals surface area contributed by atoms with Gasteiger partial charge >= 0.3 is 0 Å². The highest BCUT2D eigenvalue weighted by Gasteiger charge is 2.27. The Kier molecular flexibility index (Phi) is 4.87. The van der Waals surface area contributed by atoms with E-state index in [2.05, 4.69) is 0 Å². The lowest BCUT2D eigenvalue weighted by molar-refractivity contribution is -0.384. The Balaban J connectivity index is 1.46.